The molecule has 6 nitrogen and oxygen atoms in total. The molecule has 2 N–H and O–H groups in total. The molecule has 1 aliphatic carbocycles. The van der Waals surface area contributed by atoms with Gasteiger partial charge in [0.2, 0.25) is 5.95 Å². The summed E-state index contributed by atoms with van der Waals surface area (Å²) < 4.78 is 2.79. The van der Waals surface area contributed by atoms with Crippen molar-refractivity contribution in [1.29, 1.82) is 0 Å². The average molecular weight is 382 g/mol. The molecule has 126 valence electrons. The number of rotatable bonds is 5. The number of hydrogen-bond acceptors (Lipinski definition) is 5. The summed E-state index contributed by atoms with van der Waals surface area (Å²) in [7, 11) is 0. The Bertz CT molecular complexity index is 666. The Labute approximate surface area is 144 Å². The molecular formula is C16H24BrN5O. The van der Waals surface area contributed by atoms with Crippen LogP contribution in [0.15, 0.2) is 10.8 Å². The molecule has 1 unspecified atom stereocenters. The monoisotopic (exact) mass is 381 g/mol. The highest BCUT2D eigenvalue weighted by Crippen LogP contribution is 2.32. The minimum absolute atomic E-state index is 0.168. The number of aliphatic hydroxyl groups excluding tert-OH is 1. The Morgan fingerprint density at radius 3 is 2.83 bits per heavy atom. The number of halogens is 1. The quantitative estimate of drug-likeness (QED) is 0.825. The van der Waals surface area contributed by atoms with Crippen LogP contribution in [-0.4, -0.2) is 37.0 Å². The van der Waals surface area contributed by atoms with Gasteiger partial charge in [0.15, 0.2) is 5.65 Å². The van der Waals surface area contributed by atoms with Gasteiger partial charge in [0.05, 0.1) is 17.5 Å². The molecule has 2 aromatic heterocycles. The van der Waals surface area contributed by atoms with Crippen molar-refractivity contribution < 1.29 is 5.11 Å². The van der Waals surface area contributed by atoms with Gasteiger partial charge in [0, 0.05) is 12.2 Å². The van der Waals surface area contributed by atoms with Crippen LogP contribution in [0.3, 0.4) is 0 Å². The van der Waals surface area contributed by atoms with E-state index in [9.17, 15) is 5.11 Å². The summed E-state index contributed by atoms with van der Waals surface area (Å²) in [5.74, 6) is 0.656. The first-order chi connectivity index (χ1) is 11.1. The maximum absolute atomic E-state index is 9.71. The number of aliphatic hydroxyl groups is 1. The minimum atomic E-state index is -0.168. The molecule has 2 heterocycles. The molecule has 23 heavy (non-hydrogen) atoms. The van der Waals surface area contributed by atoms with Crippen LogP contribution in [0.2, 0.25) is 0 Å². The Balaban J connectivity index is 1.89. The van der Waals surface area contributed by atoms with Crippen molar-refractivity contribution in [3.63, 3.8) is 0 Å². The predicted octanol–water partition coefficient (Wildman–Crippen LogP) is 3.67. The molecule has 0 amide bonds. The van der Waals surface area contributed by atoms with Crippen molar-refractivity contribution in [2.45, 2.75) is 70.6 Å². The van der Waals surface area contributed by atoms with Gasteiger partial charge in [-0.15, -0.1) is 0 Å². The van der Waals surface area contributed by atoms with Crippen LogP contribution in [-0.2, 0) is 0 Å². The van der Waals surface area contributed by atoms with Gasteiger partial charge in [-0.2, -0.15) is 10.1 Å². The third-order valence-electron chi connectivity index (χ3n) is 4.51. The molecule has 1 fully saturated rings. The predicted molar refractivity (Wildman–Crippen MR) is 94.5 cm³/mol. The second-order valence-corrected chi connectivity index (χ2v) is 7.21. The maximum Gasteiger partial charge on any atom is 0.224 e. The normalized spacial score (nSPS) is 23.1. The van der Waals surface area contributed by atoms with Crippen LogP contribution in [0.25, 0.3) is 11.0 Å². The van der Waals surface area contributed by atoms with Crippen molar-refractivity contribution >= 4 is 32.9 Å². The van der Waals surface area contributed by atoms with Gasteiger partial charge in [0.1, 0.15) is 4.60 Å². The highest BCUT2D eigenvalue weighted by Gasteiger charge is 2.24. The van der Waals surface area contributed by atoms with Gasteiger partial charge < -0.3 is 10.4 Å². The largest absolute Gasteiger partial charge is 0.393 e. The highest BCUT2D eigenvalue weighted by atomic mass is 79.9. The zero-order chi connectivity index (χ0) is 16.4. The molecular weight excluding hydrogens is 358 g/mol. The number of nitrogens with one attached hydrogen (secondary N) is 1. The summed E-state index contributed by atoms with van der Waals surface area (Å²) in [5, 5.41) is 18.6. The first kappa shape index (κ1) is 16.6. The molecule has 1 atom stereocenters. The highest BCUT2D eigenvalue weighted by molar-refractivity contribution is 9.10. The summed E-state index contributed by atoms with van der Waals surface area (Å²) in [5.41, 5.74) is 0.861. The van der Waals surface area contributed by atoms with Gasteiger partial charge in [-0.3, -0.25) is 0 Å². The number of fused-ring (bicyclic) bond motifs is 1. The first-order valence-corrected chi connectivity index (χ1v) is 9.23. The smallest absolute Gasteiger partial charge is 0.224 e. The summed E-state index contributed by atoms with van der Waals surface area (Å²) in [6.45, 7) is 4.32. The maximum atomic E-state index is 9.71. The molecule has 7 heteroatoms. The van der Waals surface area contributed by atoms with Crippen LogP contribution in [0.5, 0.6) is 0 Å². The van der Waals surface area contributed by atoms with E-state index in [4.69, 9.17) is 4.98 Å². The Hall–Kier alpha value is -1.21. The fraction of sp³-hybridized carbons (Fsp3) is 0.688. The number of anilines is 1. The van der Waals surface area contributed by atoms with E-state index in [1.54, 1.807) is 0 Å². The SMILES string of the molecule is CCCC(C)Nc1ncc2c(Br)nn(C3CCC(O)CC3)c2n1. The van der Waals surface area contributed by atoms with Crippen LogP contribution in [0.1, 0.15) is 58.4 Å². The first-order valence-electron chi connectivity index (χ1n) is 8.43. The molecule has 0 radical (unpaired) electrons. The molecule has 0 bridgehead atoms. The lowest BCUT2D eigenvalue weighted by Gasteiger charge is -2.25. The summed E-state index contributed by atoms with van der Waals surface area (Å²) in [6, 6.07) is 0.644. The minimum Gasteiger partial charge on any atom is -0.393 e. The lowest BCUT2D eigenvalue weighted by atomic mass is 9.93. The topological polar surface area (TPSA) is 75.9 Å². The van der Waals surface area contributed by atoms with Gasteiger partial charge in [-0.1, -0.05) is 13.3 Å². The fourth-order valence-corrected chi connectivity index (χ4v) is 3.69. The summed E-state index contributed by atoms with van der Waals surface area (Å²) in [4.78, 5) is 9.11. The zero-order valence-corrected chi connectivity index (χ0v) is 15.3. The molecule has 0 spiro atoms. The van der Waals surface area contributed by atoms with Crippen molar-refractivity contribution in [3.8, 4) is 0 Å². The molecule has 0 saturated heterocycles. The van der Waals surface area contributed by atoms with Gasteiger partial charge in [-0.05, 0) is 55.0 Å². The van der Waals surface area contributed by atoms with Gasteiger partial charge >= 0.3 is 0 Å². The van der Waals surface area contributed by atoms with E-state index in [0.717, 1.165) is 54.2 Å². The molecule has 3 rings (SSSR count). The Morgan fingerprint density at radius 1 is 1.39 bits per heavy atom. The van der Waals surface area contributed by atoms with Crippen LogP contribution in [0, 0.1) is 0 Å². The van der Waals surface area contributed by atoms with Gasteiger partial charge in [-0.25, -0.2) is 9.67 Å². The number of aromatic nitrogens is 4. The molecule has 2 aromatic rings. The van der Waals surface area contributed by atoms with E-state index in [-0.39, 0.29) is 6.10 Å². The fourth-order valence-electron chi connectivity index (χ4n) is 3.24. The van der Waals surface area contributed by atoms with Crippen LogP contribution in [0.4, 0.5) is 5.95 Å². The lowest BCUT2D eigenvalue weighted by Crippen LogP contribution is -2.22. The van der Waals surface area contributed by atoms with E-state index in [1.807, 2.05) is 10.9 Å². The second-order valence-electron chi connectivity index (χ2n) is 6.46. The molecule has 0 aliphatic heterocycles. The van der Waals surface area contributed by atoms with Gasteiger partial charge in [0.25, 0.3) is 0 Å². The second kappa shape index (κ2) is 7.13. The van der Waals surface area contributed by atoms with Crippen molar-refractivity contribution in [1.82, 2.24) is 19.7 Å². The number of nitrogens with zero attached hydrogens (tertiary/aromatic N) is 4. The van der Waals surface area contributed by atoms with E-state index in [0.29, 0.717) is 18.0 Å². The van der Waals surface area contributed by atoms with Crippen LogP contribution >= 0.6 is 15.9 Å². The van der Waals surface area contributed by atoms with Crippen molar-refractivity contribution in [2.75, 3.05) is 5.32 Å². The lowest BCUT2D eigenvalue weighted by molar-refractivity contribution is 0.109. The summed E-state index contributed by atoms with van der Waals surface area (Å²) in [6.07, 6.45) is 7.40. The van der Waals surface area contributed by atoms with Crippen molar-refractivity contribution in [3.05, 3.63) is 10.8 Å². The average Bonchev–Trinajstić information content (AvgIpc) is 2.85. The standard InChI is InChI=1S/C16H24BrN5O/c1-3-4-10(2)19-16-18-9-13-14(17)21-22(15(13)20-16)11-5-7-12(23)8-6-11/h9-12,23H,3-8H2,1-2H3,(H,18,19,20). The van der Waals surface area contributed by atoms with Crippen LogP contribution < -0.4 is 5.32 Å². The van der Waals surface area contributed by atoms with E-state index >= 15 is 0 Å². The molecule has 1 aliphatic rings. The Kier molecular flexibility index (Phi) is 5.16. The molecule has 1 saturated carbocycles. The van der Waals surface area contributed by atoms with E-state index in [1.165, 1.54) is 0 Å². The van der Waals surface area contributed by atoms with E-state index in [2.05, 4.69) is 45.2 Å². The van der Waals surface area contributed by atoms with Crippen molar-refractivity contribution in [2.24, 2.45) is 0 Å². The third kappa shape index (κ3) is 3.66. The zero-order valence-electron chi connectivity index (χ0n) is 13.7. The Morgan fingerprint density at radius 2 is 2.13 bits per heavy atom. The molecule has 0 aromatic carbocycles. The number of hydrogen-bond donors (Lipinski definition) is 2. The van der Waals surface area contributed by atoms with E-state index < -0.39 is 0 Å². The summed E-state index contributed by atoms with van der Waals surface area (Å²) >= 11 is 3.51. The third-order valence-corrected chi connectivity index (χ3v) is 5.10.